The molecule has 7 heteroatoms. The van der Waals surface area contributed by atoms with E-state index in [-0.39, 0.29) is 12.1 Å². The first kappa shape index (κ1) is 25.1. The van der Waals surface area contributed by atoms with Crippen LogP contribution in [-0.4, -0.2) is 91.3 Å². The Kier molecular flexibility index (Phi) is 9.09. The zero-order valence-electron chi connectivity index (χ0n) is 21.2. The van der Waals surface area contributed by atoms with Gasteiger partial charge in [0, 0.05) is 38.8 Å². The third kappa shape index (κ3) is 8.13. The highest BCUT2D eigenvalue weighted by atomic mass is 16.6. The van der Waals surface area contributed by atoms with Crippen LogP contribution in [0.5, 0.6) is 0 Å². The van der Waals surface area contributed by atoms with Gasteiger partial charge in [0.25, 0.3) is 0 Å². The molecule has 0 aromatic carbocycles. The molecule has 0 bridgehead atoms. The summed E-state index contributed by atoms with van der Waals surface area (Å²) >= 11 is 0. The molecule has 0 spiro atoms. The lowest BCUT2D eigenvalue weighted by molar-refractivity contribution is 0.00928. The minimum absolute atomic E-state index is 0.137. The van der Waals surface area contributed by atoms with Crippen molar-refractivity contribution in [2.45, 2.75) is 84.3 Å². The highest BCUT2D eigenvalue weighted by Crippen LogP contribution is 2.32. The highest BCUT2D eigenvalue weighted by Gasteiger charge is 2.35. The van der Waals surface area contributed by atoms with E-state index in [1.807, 2.05) is 25.7 Å². The minimum atomic E-state index is -0.446. The van der Waals surface area contributed by atoms with E-state index >= 15 is 0 Å². The number of guanidine groups is 1. The predicted octanol–water partition coefficient (Wildman–Crippen LogP) is 3.80. The third-order valence-corrected chi connectivity index (χ3v) is 6.96. The van der Waals surface area contributed by atoms with E-state index in [2.05, 4.69) is 29.1 Å². The van der Waals surface area contributed by atoms with Gasteiger partial charge in [0.2, 0.25) is 0 Å². The summed E-state index contributed by atoms with van der Waals surface area (Å²) < 4.78 is 5.75. The quantitative estimate of drug-likeness (QED) is 0.473. The van der Waals surface area contributed by atoms with E-state index in [0.29, 0.717) is 5.92 Å². The molecule has 3 aliphatic rings. The van der Waals surface area contributed by atoms with Gasteiger partial charge in [0.1, 0.15) is 5.60 Å². The van der Waals surface area contributed by atoms with Gasteiger partial charge >= 0.3 is 6.09 Å². The Bertz CT molecular complexity index is 612. The lowest BCUT2D eigenvalue weighted by Crippen LogP contribution is -2.52. The van der Waals surface area contributed by atoms with Gasteiger partial charge in [-0.2, -0.15) is 0 Å². The van der Waals surface area contributed by atoms with E-state index in [4.69, 9.17) is 9.73 Å². The van der Waals surface area contributed by atoms with Crippen molar-refractivity contribution in [3.63, 3.8) is 0 Å². The molecular formula is C25H47N5O2. The summed E-state index contributed by atoms with van der Waals surface area (Å²) in [6.07, 6.45) is 8.09. The predicted molar refractivity (Wildman–Crippen MR) is 131 cm³/mol. The first-order valence-electron chi connectivity index (χ1n) is 13.0. The van der Waals surface area contributed by atoms with E-state index in [9.17, 15) is 4.79 Å². The summed E-state index contributed by atoms with van der Waals surface area (Å²) in [5, 5.41) is 3.50. The lowest BCUT2D eigenvalue weighted by atomic mass is 9.94. The van der Waals surface area contributed by atoms with Crippen LogP contribution in [0.2, 0.25) is 0 Å². The van der Waals surface area contributed by atoms with Crippen LogP contribution in [0.15, 0.2) is 4.99 Å². The van der Waals surface area contributed by atoms with E-state index in [0.717, 1.165) is 57.4 Å². The molecule has 1 amide bonds. The molecule has 0 unspecified atom stereocenters. The Morgan fingerprint density at radius 2 is 1.69 bits per heavy atom. The summed E-state index contributed by atoms with van der Waals surface area (Å²) in [5.41, 5.74) is -0.446. The van der Waals surface area contributed by atoms with Crippen molar-refractivity contribution in [2.24, 2.45) is 16.8 Å². The summed E-state index contributed by atoms with van der Waals surface area (Å²) in [5.74, 6) is 2.53. The molecule has 0 radical (unpaired) electrons. The summed E-state index contributed by atoms with van der Waals surface area (Å²) in [6.45, 7) is 15.0. The lowest BCUT2D eigenvalue weighted by Gasteiger charge is -2.40. The normalized spacial score (nSPS) is 22.2. The Hall–Kier alpha value is -1.50. The zero-order chi connectivity index (χ0) is 23.1. The molecule has 2 heterocycles. The molecule has 32 heavy (non-hydrogen) atoms. The van der Waals surface area contributed by atoms with Gasteiger partial charge in [-0.3, -0.25) is 4.99 Å². The van der Waals surface area contributed by atoms with Crippen LogP contribution in [-0.2, 0) is 4.74 Å². The number of nitrogens with zero attached hydrogens (tertiary/aromatic N) is 4. The number of carbonyl (C=O) groups is 1. The Morgan fingerprint density at radius 1 is 1.03 bits per heavy atom. The molecular weight excluding hydrogens is 402 g/mol. The average molecular weight is 450 g/mol. The van der Waals surface area contributed by atoms with Gasteiger partial charge < -0.3 is 24.8 Å². The monoisotopic (exact) mass is 449 g/mol. The fourth-order valence-electron chi connectivity index (χ4n) is 4.79. The third-order valence-electron chi connectivity index (χ3n) is 6.96. The van der Waals surface area contributed by atoms with Crippen LogP contribution >= 0.6 is 0 Å². The van der Waals surface area contributed by atoms with Gasteiger partial charge in [-0.1, -0.05) is 0 Å². The van der Waals surface area contributed by atoms with Crippen LogP contribution in [0.25, 0.3) is 0 Å². The summed E-state index contributed by atoms with van der Waals surface area (Å²) in [7, 11) is 2.22. The fraction of sp³-hybridized carbons (Fsp3) is 0.920. The van der Waals surface area contributed by atoms with Crippen LogP contribution < -0.4 is 5.32 Å². The van der Waals surface area contributed by atoms with Crippen molar-refractivity contribution in [3.8, 4) is 0 Å². The van der Waals surface area contributed by atoms with Crippen LogP contribution in [0.3, 0.4) is 0 Å². The number of aliphatic imine (C=N–C) groups is 1. The minimum Gasteiger partial charge on any atom is -0.444 e. The molecule has 1 aliphatic carbocycles. The first-order chi connectivity index (χ1) is 15.2. The summed E-state index contributed by atoms with van der Waals surface area (Å²) in [4.78, 5) is 24.7. The Morgan fingerprint density at radius 3 is 2.25 bits per heavy atom. The maximum Gasteiger partial charge on any atom is 0.410 e. The number of nitrogens with one attached hydrogen (secondary N) is 1. The number of piperidine rings is 2. The van der Waals surface area contributed by atoms with Gasteiger partial charge in [-0.15, -0.1) is 0 Å². The number of carbonyl (C=O) groups excluding carboxylic acids is 1. The summed E-state index contributed by atoms with van der Waals surface area (Å²) in [6, 6.07) is 0.267. The number of ether oxygens (including phenoxy) is 1. The van der Waals surface area contributed by atoms with Gasteiger partial charge in [-0.05, 0) is 105 Å². The number of likely N-dealkylation sites (tertiary alicyclic amines) is 2. The Balaban J connectivity index is 1.51. The van der Waals surface area contributed by atoms with Crippen molar-refractivity contribution in [1.29, 1.82) is 0 Å². The van der Waals surface area contributed by atoms with Crippen molar-refractivity contribution < 1.29 is 9.53 Å². The second-order valence-electron chi connectivity index (χ2n) is 11.1. The Labute approximate surface area is 195 Å². The maximum atomic E-state index is 12.9. The number of hydrogen-bond donors (Lipinski definition) is 1. The van der Waals surface area contributed by atoms with Crippen LogP contribution in [0.1, 0.15) is 72.6 Å². The van der Waals surface area contributed by atoms with Crippen molar-refractivity contribution >= 4 is 12.1 Å². The molecule has 7 nitrogen and oxygen atoms in total. The van der Waals surface area contributed by atoms with E-state index in [1.165, 1.54) is 45.2 Å². The van der Waals surface area contributed by atoms with Gasteiger partial charge in [0.05, 0.1) is 0 Å². The van der Waals surface area contributed by atoms with E-state index < -0.39 is 5.60 Å². The molecule has 1 saturated carbocycles. The molecule has 2 aliphatic heterocycles. The maximum absolute atomic E-state index is 12.9. The molecule has 3 rings (SSSR count). The molecule has 1 N–H and O–H groups in total. The molecule has 184 valence electrons. The number of hydrogen-bond acceptors (Lipinski definition) is 4. The second-order valence-corrected chi connectivity index (χ2v) is 11.1. The second kappa shape index (κ2) is 11.6. The highest BCUT2D eigenvalue weighted by molar-refractivity contribution is 5.80. The number of rotatable bonds is 7. The zero-order valence-corrected chi connectivity index (χ0v) is 21.2. The fourth-order valence-corrected chi connectivity index (χ4v) is 4.79. The molecule has 0 aromatic heterocycles. The smallest absolute Gasteiger partial charge is 0.410 e. The topological polar surface area (TPSA) is 60.4 Å². The van der Waals surface area contributed by atoms with Crippen LogP contribution in [0, 0.1) is 11.8 Å². The van der Waals surface area contributed by atoms with Crippen molar-refractivity contribution in [3.05, 3.63) is 0 Å². The molecule has 0 atom stereocenters. The molecule has 0 aromatic rings. The first-order valence-corrected chi connectivity index (χ1v) is 13.0. The SMILES string of the molecule is CCNC(=NCCC1CCN(C)CC1)N1CCC(N(CC2CC2)C(=O)OC(C)(C)C)CC1. The van der Waals surface area contributed by atoms with Gasteiger partial charge in [-0.25, -0.2) is 4.79 Å². The average Bonchev–Trinajstić information content (AvgIpc) is 3.56. The van der Waals surface area contributed by atoms with Crippen molar-refractivity contribution in [2.75, 3.05) is 52.9 Å². The molecule has 3 fully saturated rings. The van der Waals surface area contributed by atoms with E-state index in [1.54, 1.807) is 0 Å². The van der Waals surface area contributed by atoms with Crippen LogP contribution in [0.4, 0.5) is 4.79 Å². The largest absolute Gasteiger partial charge is 0.444 e. The van der Waals surface area contributed by atoms with Crippen molar-refractivity contribution in [1.82, 2.24) is 20.0 Å². The molecule has 2 saturated heterocycles. The number of amides is 1. The standard InChI is InChI=1S/C25H47N5O2/c1-6-26-23(27-14-9-20-10-15-28(5)16-11-20)29-17-12-22(13-18-29)30(19-21-7-8-21)24(31)32-25(2,3)4/h20-22H,6-19H2,1-5H3,(H,26,27). The van der Waals surface area contributed by atoms with Gasteiger partial charge in [0.15, 0.2) is 5.96 Å².